The van der Waals surface area contributed by atoms with E-state index in [1.807, 2.05) is 25.1 Å². The summed E-state index contributed by atoms with van der Waals surface area (Å²) < 4.78 is 4.68. The molecule has 1 aromatic heterocycles. The summed E-state index contributed by atoms with van der Waals surface area (Å²) in [7, 11) is 1.35. The summed E-state index contributed by atoms with van der Waals surface area (Å²) in [5.74, 6) is 0.712. The molecule has 3 rings (SSSR count). The van der Waals surface area contributed by atoms with Crippen molar-refractivity contribution < 1.29 is 9.53 Å². The van der Waals surface area contributed by atoms with Crippen LogP contribution in [0.5, 0.6) is 0 Å². The topological polar surface area (TPSA) is 76.1 Å². The van der Waals surface area contributed by atoms with E-state index in [1.54, 1.807) is 36.5 Å². The normalized spacial score (nSPS) is 10.3. The van der Waals surface area contributed by atoms with Crippen LogP contribution in [0.15, 0.2) is 54.7 Å². The average Bonchev–Trinajstić information content (AvgIpc) is 2.64. The monoisotopic (exact) mass is 368 g/mol. The third-order valence-electron chi connectivity index (χ3n) is 3.67. The van der Waals surface area contributed by atoms with Crippen LogP contribution in [0.4, 0.5) is 23.1 Å². The molecule has 0 unspecified atom stereocenters. The lowest BCUT2D eigenvalue weighted by atomic mass is 10.2. The maximum atomic E-state index is 11.5. The molecule has 0 atom stereocenters. The number of aromatic nitrogens is 2. The number of carbonyl (C=O) groups is 1. The van der Waals surface area contributed by atoms with Crippen LogP contribution < -0.4 is 10.6 Å². The first kappa shape index (κ1) is 17.7. The van der Waals surface area contributed by atoms with E-state index in [9.17, 15) is 4.79 Å². The first-order valence-electron chi connectivity index (χ1n) is 7.87. The van der Waals surface area contributed by atoms with Crippen molar-refractivity contribution in [2.45, 2.75) is 6.92 Å². The summed E-state index contributed by atoms with van der Waals surface area (Å²) in [5.41, 5.74) is 3.18. The van der Waals surface area contributed by atoms with E-state index in [0.717, 1.165) is 16.9 Å². The van der Waals surface area contributed by atoms with Crippen molar-refractivity contribution in [2.75, 3.05) is 17.7 Å². The molecule has 3 aromatic rings. The smallest absolute Gasteiger partial charge is 0.337 e. The summed E-state index contributed by atoms with van der Waals surface area (Å²) in [5, 5.41) is 7.04. The summed E-state index contributed by atoms with van der Waals surface area (Å²) in [6.07, 6.45) is 1.66. The molecule has 0 saturated heterocycles. The van der Waals surface area contributed by atoms with Gasteiger partial charge in [-0.3, -0.25) is 0 Å². The number of anilines is 4. The molecule has 0 bridgehead atoms. The van der Waals surface area contributed by atoms with Gasteiger partial charge in [0.2, 0.25) is 5.95 Å². The number of nitrogens with zero attached hydrogens (tertiary/aromatic N) is 2. The molecule has 0 aliphatic heterocycles. The molecule has 132 valence electrons. The number of rotatable bonds is 5. The van der Waals surface area contributed by atoms with Crippen LogP contribution in [0, 0.1) is 6.92 Å². The summed E-state index contributed by atoms with van der Waals surface area (Å²) in [6.45, 7) is 1.97. The zero-order valence-electron chi connectivity index (χ0n) is 14.3. The zero-order chi connectivity index (χ0) is 18.5. The van der Waals surface area contributed by atoms with E-state index in [-0.39, 0.29) is 5.97 Å². The molecule has 26 heavy (non-hydrogen) atoms. The van der Waals surface area contributed by atoms with Crippen molar-refractivity contribution in [1.82, 2.24) is 9.97 Å². The van der Waals surface area contributed by atoms with Gasteiger partial charge in [-0.2, -0.15) is 4.98 Å². The highest BCUT2D eigenvalue weighted by molar-refractivity contribution is 6.30. The van der Waals surface area contributed by atoms with Crippen LogP contribution in [-0.2, 0) is 4.74 Å². The highest BCUT2D eigenvalue weighted by Gasteiger charge is 2.06. The van der Waals surface area contributed by atoms with Gasteiger partial charge < -0.3 is 15.4 Å². The average molecular weight is 369 g/mol. The van der Waals surface area contributed by atoms with Crippen molar-refractivity contribution in [3.63, 3.8) is 0 Å². The lowest BCUT2D eigenvalue weighted by molar-refractivity contribution is 0.0601. The molecule has 0 radical (unpaired) electrons. The van der Waals surface area contributed by atoms with Crippen LogP contribution >= 0.6 is 11.6 Å². The minimum Gasteiger partial charge on any atom is -0.465 e. The predicted octanol–water partition coefficient (Wildman–Crippen LogP) is 4.71. The molecule has 0 aliphatic carbocycles. The van der Waals surface area contributed by atoms with Gasteiger partial charge in [-0.05, 0) is 61.0 Å². The number of esters is 1. The fourth-order valence-electron chi connectivity index (χ4n) is 2.33. The van der Waals surface area contributed by atoms with Crippen molar-refractivity contribution in [1.29, 1.82) is 0 Å². The van der Waals surface area contributed by atoms with Crippen LogP contribution in [0.25, 0.3) is 0 Å². The molecule has 7 heteroatoms. The summed E-state index contributed by atoms with van der Waals surface area (Å²) in [4.78, 5) is 20.1. The number of benzene rings is 2. The maximum Gasteiger partial charge on any atom is 0.337 e. The van der Waals surface area contributed by atoms with Crippen LogP contribution in [0.2, 0.25) is 5.02 Å². The highest BCUT2D eigenvalue weighted by atomic mass is 35.5. The molecule has 0 aliphatic rings. The molecule has 0 spiro atoms. The number of aryl methyl sites for hydroxylation is 1. The van der Waals surface area contributed by atoms with E-state index in [0.29, 0.717) is 22.4 Å². The Kier molecular flexibility index (Phi) is 5.34. The number of halogens is 1. The third-order valence-corrected chi connectivity index (χ3v) is 3.90. The van der Waals surface area contributed by atoms with E-state index >= 15 is 0 Å². The van der Waals surface area contributed by atoms with Crippen molar-refractivity contribution in [3.8, 4) is 0 Å². The van der Waals surface area contributed by atoms with Gasteiger partial charge in [-0.15, -0.1) is 0 Å². The molecule has 6 nitrogen and oxygen atoms in total. The fourth-order valence-corrected chi connectivity index (χ4v) is 2.56. The van der Waals surface area contributed by atoms with Crippen molar-refractivity contribution >= 4 is 40.7 Å². The quantitative estimate of drug-likeness (QED) is 0.635. The summed E-state index contributed by atoms with van der Waals surface area (Å²) in [6, 6.07) is 14.3. The molecule has 2 aromatic carbocycles. The van der Waals surface area contributed by atoms with E-state index in [4.69, 9.17) is 11.6 Å². The van der Waals surface area contributed by atoms with E-state index in [1.165, 1.54) is 7.11 Å². The minimum atomic E-state index is -0.377. The molecular weight excluding hydrogens is 352 g/mol. The first-order valence-corrected chi connectivity index (χ1v) is 8.24. The predicted molar refractivity (Wildman–Crippen MR) is 103 cm³/mol. The highest BCUT2D eigenvalue weighted by Crippen LogP contribution is 2.23. The Morgan fingerprint density at radius 3 is 2.54 bits per heavy atom. The molecule has 1 heterocycles. The Hall–Kier alpha value is -3.12. The standard InChI is InChI=1S/C19H17ClN4O2/c1-12-11-14(20)5-8-16(12)23-17-9-10-21-19(24-17)22-15-6-3-13(4-7-15)18(25)26-2/h3-11H,1-2H3,(H2,21,22,23,24). The zero-order valence-corrected chi connectivity index (χ0v) is 15.0. The largest absolute Gasteiger partial charge is 0.465 e. The molecule has 0 fully saturated rings. The molecule has 0 amide bonds. The second kappa shape index (κ2) is 7.84. The van der Waals surface area contributed by atoms with Gasteiger partial charge in [0, 0.05) is 22.6 Å². The van der Waals surface area contributed by atoms with Crippen LogP contribution in [0.3, 0.4) is 0 Å². The van der Waals surface area contributed by atoms with E-state index < -0.39 is 0 Å². The molecule has 0 saturated carbocycles. The Bertz CT molecular complexity index is 929. The Labute approximate surface area is 156 Å². The lowest BCUT2D eigenvalue weighted by Gasteiger charge is -2.11. The number of hydrogen-bond acceptors (Lipinski definition) is 6. The first-order chi connectivity index (χ1) is 12.5. The molecular formula is C19H17ClN4O2. The Morgan fingerprint density at radius 1 is 1.08 bits per heavy atom. The minimum absolute atomic E-state index is 0.377. The Morgan fingerprint density at radius 2 is 1.85 bits per heavy atom. The van der Waals surface area contributed by atoms with Gasteiger partial charge in [0.05, 0.1) is 12.7 Å². The van der Waals surface area contributed by atoms with Gasteiger partial charge >= 0.3 is 5.97 Å². The number of methoxy groups -OCH3 is 1. The number of carbonyl (C=O) groups excluding carboxylic acids is 1. The van der Waals surface area contributed by atoms with Crippen molar-refractivity contribution in [2.24, 2.45) is 0 Å². The SMILES string of the molecule is COC(=O)c1ccc(Nc2nccc(Nc3ccc(Cl)cc3C)n2)cc1. The van der Waals surface area contributed by atoms with Crippen LogP contribution in [0.1, 0.15) is 15.9 Å². The maximum absolute atomic E-state index is 11.5. The van der Waals surface area contributed by atoms with Gasteiger partial charge in [0.25, 0.3) is 0 Å². The van der Waals surface area contributed by atoms with Gasteiger partial charge in [0.15, 0.2) is 0 Å². The Balaban J connectivity index is 1.74. The third kappa shape index (κ3) is 4.29. The fraction of sp³-hybridized carbons (Fsp3) is 0.105. The number of nitrogens with one attached hydrogen (secondary N) is 2. The van der Waals surface area contributed by atoms with Gasteiger partial charge in [0.1, 0.15) is 5.82 Å². The number of ether oxygens (including phenoxy) is 1. The van der Waals surface area contributed by atoms with E-state index in [2.05, 4.69) is 25.3 Å². The van der Waals surface area contributed by atoms with Crippen LogP contribution in [-0.4, -0.2) is 23.0 Å². The van der Waals surface area contributed by atoms with Gasteiger partial charge in [-0.1, -0.05) is 11.6 Å². The van der Waals surface area contributed by atoms with Gasteiger partial charge in [-0.25, -0.2) is 9.78 Å². The number of hydrogen-bond donors (Lipinski definition) is 2. The lowest BCUT2D eigenvalue weighted by Crippen LogP contribution is -2.03. The van der Waals surface area contributed by atoms with Crippen molar-refractivity contribution in [3.05, 3.63) is 70.9 Å². The second-order valence-corrected chi connectivity index (χ2v) is 5.98. The second-order valence-electron chi connectivity index (χ2n) is 5.54. The molecule has 2 N–H and O–H groups in total. The summed E-state index contributed by atoms with van der Waals surface area (Å²) >= 11 is 5.98.